The molecule has 0 bridgehead atoms. The van der Waals surface area contributed by atoms with E-state index in [1.54, 1.807) is 0 Å². The fourth-order valence-corrected chi connectivity index (χ4v) is 6.55. The Hall–Kier alpha value is -0.683. The van der Waals surface area contributed by atoms with Crippen molar-refractivity contribution in [3.63, 3.8) is 0 Å². The predicted molar refractivity (Wildman–Crippen MR) is 82.1 cm³/mol. The van der Waals surface area contributed by atoms with E-state index in [1.165, 1.54) is 5.19 Å². The van der Waals surface area contributed by atoms with Crippen LogP contribution in [0.3, 0.4) is 0 Å². The van der Waals surface area contributed by atoms with Gasteiger partial charge in [0.25, 0.3) is 0 Å². The summed E-state index contributed by atoms with van der Waals surface area (Å²) in [6.45, 7) is 13.0. The summed E-state index contributed by atoms with van der Waals surface area (Å²) in [5, 5.41) is 1.41. The molecule has 1 aromatic carbocycles. The molecule has 3 nitrogen and oxygen atoms in total. The minimum absolute atomic E-state index is 0.991. The Labute approximate surface area is 113 Å². The molecule has 0 aliphatic carbocycles. The molecule has 0 amide bonds. The van der Waals surface area contributed by atoms with E-state index in [1.807, 2.05) is 0 Å². The molecule has 0 spiro atoms. The molecule has 0 atom stereocenters. The Morgan fingerprint density at radius 3 is 1.78 bits per heavy atom. The van der Waals surface area contributed by atoms with Crippen LogP contribution in [0.25, 0.3) is 0 Å². The SMILES string of the molecule is CCN[Si](NCC)(c1ccccc1)N(CC)CC. The fourth-order valence-electron chi connectivity index (χ4n) is 2.56. The van der Waals surface area contributed by atoms with Gasteiger partial charge in [0, 0.05) is 0 Å². The first-order valence-corrected chi connectivity index (χ1v) is 9.00. The van der Waals surface area contributed by atoms with Crippen molar-refractivity contribution in [1.29, 1.82) is 0 Å². The number of benzene rings is 1. The zero-order valence-corrected chi connectivity index (χ0v) is 13.2. The van der Waals surface area contributed by atoms with Crippen LogP contribution < -0.4 is 15.2 Å². The monoisotopic (exact) mass is 265 g/mol. The summed E-state index contributed by atoms with van der Waals surface area (Å²) in [4.78, 5) is 7.54. The standard InChI is InChI=1S/C14H27N3Si/c1-5-15-18(16-6-2,17(7-3)8-4)14-12-10-9-11-13-14/h9-13,15-16H,5-8H2,1-4H3. The quantitative estimate of drug-likeness (QED) is 0.696. The highest BCUT2D eigenvalue weighted by Gasteiger charge is 2.40. The Morgan fingerprint density at radius 1 is 0.889 bits per heavy atom. The second-order valence-electron chi connectivity index (χ2n) is 4.31. The molecule has 0 saturated heterocycles. The lowest BCUT2D eigenvalue weighted by Crippen LogP contribution is -2.80. The predicted octanol–water partition coefficient (Wildman–Crippen LogP) is 1.39. The van der Waals surface area contributed by atoms with Gasteiger partial charge in [-0.05, 0) is 31.4 Å². The van der Waals surface area contributed by atoms with Gasteiger partial charge < -0.3 is 9.96 Å². The summed E-state index contributed by atoms with van der Waals surface area (Å²) >= 11 is 0. The third-order valence-corrected chi connectivity index (χ3v) is 7.78. The van der Waals surface area contributed by atoms with Crippen molar-refractivity contribution >= 4 is 13.7 Å². The van der Waals surface area contributed by atoms with Crippen molar-refractivity contribution in [2.24, 2.45) is 0 Å². The van der Waals surface area contributed by atoms with Crippen molar-refractivity contribution in [3.8, 4) is 0 Å². The molecule has 0 heterocycles. The molecule has 0 unspecified atom stereocenters. The zero-order chi connectivity index (χ0) is 13.4. The highest BCUT2D eigenvalue weighted by atomic mass is 28.4. The molecule has 1 aromatic rings. The van der Waals surface area contributed by atoms with Gasteiger partial charge in [0.15, 0.2) is 0 Å². The van der Waals surface area contributed by atoms with Gasteiger partial charge >= 0.3 is 8.56 Å². The molecule has 18 heavy (non-hydrogen) atoms. The van der Waals surface area contributed by atoms with Crippen LogP contribution in [0.1, 0.15) is 27.7 Å². The van der Waals surface area contributed by atoms with Crippen molar-refractivity contribution in [1.82, 2.24) is 14.5 Å². The van der Waals surface area contributed by atoms with Gasteiger partial charge in [0.2, 0.25) is 0 Å². The van der Waals surface area contributed by atoms with Gasteiger partial charge in [-0.15, -0.1) is 0 Å². The summed E-state index contributed by atoms with van der Waals surface area (Å²) in [6, 6.07) is 10.8. The van der Waals surface area contributed by atoms with Gasteiger partial charge in [-0.3, -0.25) is 4.57 Å². The number of hydrogen-bond donors (Lipinski definition) is 2. The molecule has 2 N–H and O–H groups in total. The molecule has 0 fully saturated rings. The van der Waals surface area contributed by atoms with Gasteiger partial charge in [0.05, 0.1) is 0 Å². The Morgan fingerprint density at radius 2 is 1.39 bits per heavy atom. The number of nitrogens with zero attached hydrogens (tertiary/aromatic N) is 1. The third kappa shape index (κ3) is 3.20. The largest absolute Gasteiger partial charge is 0.317 e. The Bertz CT molecular complexity index is 319. The topological polar surface area (TPSA) is 27.3 Å². The lowest BCUT2D eigenvalue weighted by Gasteiger charge is -2.41. The highest BCUT2D eigenvalue weighted by Crippen LogP contribution is 2.04. The van der Waals surface area contributed by atoms with E-state index in [0.29, 0.717) is 0 Å². The van der Waals surface area contributed by atoms with Crippen LogP contribution in [0.2, 0.25) is 0 Å². The molecule has 1 rings (SSSR count). The number of hydrogen-bond acceptors (Lipinski definition) is 3. The van der Waals surface area contributed by atoms with E-state index < -0.39 is 8.56 Å². The first kappa shape index (κ1) is 15.4. The molecule has 0 aliphatic rings. The molecule has 0 radical (unpaired) electrons. The Kier molecular flexibility index (Phi) is 6.57. The van der Waals surface area contributed by atoms with Crippen LogP contribution >= 0.6 is 0 Å². The summed E-state index contributed by atoms with van der Waals surface area (Å²) in [5.41, 5.74) is 0. The van der Waals surface area contributed by atoms with E-state index in [-0.39, 0.29) is 0 Å². The first-order valence-electron chi connectivity index (χ1n) is 7.05. The lowest BCUT2D eigenvalue weighted by molar-refractivity contribution is 0.442. The van der Waals surface area contributed by atoms with Gasteiger partial charge in [0.1, 0.15) is 0 Å². The molecule has 0 saturated carbocycles. The maximum Gasteiger partial charge on any atom is 0.317 e. The zero-order valence-electron chi connectivity index (χ0n) is 12.2. The highest BCUT2D eigenvalue weighted by molar-refractivity contribution is 6.85. The summed E-state index contributed by atoms with van der Waals surface area (Å²) < 4.78 is 2.56. The maximum atomic E-state index is 3.77. The van der Waals surface area contributed by atoms with Crippen LogP contribution in [-0.4, -0.2) is 39.3 Å². The first-order chi connectivity index (χ1) is 8.75. The average Bonchev–Trinajstić information content (AvgIpc) is 2.41. The Balaban J connectivity index is 3.19. The smallest absolute Gasteiger partial charge is 0.310 e. The molecular weight excluding hydrogens is 238 g/mol. The number of nitrogens with one attached hydrogen (secondary N) is 2. The van der Waals surface area contributed by atoms with E-state index in [9.17, 15) is 0 Å². The van der Waals surface area contributed by atoms with Gasteiger partial charge in [-0.1, -0.05) is 58.0 Å². The van der Waals surface area contributed by atoms with Crippen LogP contribution in [0.4, 0.5) is 0 Å². The molecule has 0 aliphatic heterocycles. The lowest BCUT2D eigenvalue weighted by atomic mass is 10.4. The second-order valence-corrected chi connectivity index (χ2v) is 7.65. The van der Waals surface area contributed by atoms with E-state index >= 15 is 0 Å². The van der Waals surface area contributed by atoms with Gasteiger partial charge in [-0.2, -0.15) is 0 Å². The third-order valence-electron chi connectivity index (χ3n) is 3.29. The maximum absolute atomic E-state index is 3.77. The van der Waals surface area contributed by atoms with E-state index in [2.05, 4.69) is 72.6 Å². The summed E-state index contributed by atoms with van der Waals surface area (Å²) in [6.07, 6.45) is 0. The van der Waals surface area contributed by atoms with Crippen molar-refractivity contribution in [2.45, 2.75) is 27.7 Å². The summed E-state index contributed by atoms with van der Waals surface area (Å²) in [7, 11) is -1.97. The molecule has 4 heteroatoms. The van der Waals surface area contributed by atoms with Crippen LogP contribution in [0, 0.1) is 0 Å². The minimum atomic E-state index is -1.97. The van der Waals surface area contributed by atoms with Crippen LogP contribution in [0.5, 0.6) is 0 Å². The van der Waals surface area contributed by atoms with E-state index in [0.717, 1.165) is 26.2 Å². The second kappa shape index (κ2) is 7.69. The summed E-state index contributed by atoms with van der Waals surface area (Å²) in [5.74, 6) is 0. The normalized spacial score (nSPS) is 12.1. The van der Waals surface area contributed by atoms with Crippen molar-refractivity contribution in [2.75, 3.05) is 26.2 Å². The van der Waals surface area contributed by atoms with Crippen molar-refractivity contribution in [3.05, 3.63) is 30.3 Å². The van der Waals surface area contributed by atoms with Crippen LogP contribution in [-0.2, 0) is 0 Å². The molecule has 102 valence electrons. The van der Waals surface area contributed by atoms with E-state index in [4.69, 9.17) is 0 Å². The number of rotatable bonds is 8. The molecular formula is C14H27N3Si. The fraction of sp³-hybridized carbons (Fsp3) is 0.571. The van der Waals surface area contributed by atoms with Crippen LogP contribution in [0.15, 0.2) is 30.3 Å². The minimum Gasteiger partial charge on any atom is -0.310 e. The van der Waals surface area contributed by atoms with Gasteiger partial charge in [-0.25, -0.2) is 0 Å². The molecule has 0 aromatic heterocycles. The average molecular weight is 265 g/mol. The van der Waals surface area contributed by atoms with Crippen molar-refractivity contribution < 1.29 is 0 Å².